The van der Waals surface area contributed by atoms with Crippen molar-refractivity contribution >= 4 is 11.9 Å². The zero-order valence-corrected chi connectivity index (χ0v) is 11.9. The minimum absolute atomic E-state index is 0.0596. The molecule has 5 heteroatoms. The topological polar surface area (TPSA) is 66.8 Å². The number of piperidine rings is 1. The maximum atomic E-state index is 12.3. The van der Waals surface area contributed by atoms with Crippen LogP contribution in [0.5, 0.6) is 0 Å². The van der Waals surface area contributed by atoms with Crippen LogP contribution in [0.15, 0.2) is 0 Å². The summed E-state index contributed by atoms with van der Waals surface area (Å²) in [6.45, 7) is 5.83. The Balaban J connectivity index is 2.48. The summed E-state index contributed by atoms with van der Waals surface area (Å²) in [5.41, 5.74) is 0. The van der Waals surface area contributed by atoms with E-state index < -0.39 is 5.97 Å². The maximum absolute atomic E-state index is 12.3. The highest BCUT2D eigenvalue weighted by Crippen LogP contribution is 2.22. The summed E-state index contributed by atoms with van der Waals surface area (Å²) in [7, 11) is 0. The van der Waals surface area contributed by atoms with Crippen LogP contribution in [0.1, 0.15) is 46.0 Å². The van der Waals surface area contributed by atoms with Gasteiger partial charge >= 0.3 is 5.97 Å². The highest BCUT2D eigenvalue weighted by Gasteiger charge is 2.28. The number of nitrogens with zero attached hydrogens (tertiary/aromatic N) is 1. The number of carboxylic acids is 1. The highest BCUT2D eigenvalue weighted by molar-refractivity contribution is 5.81. The van der Waals surface area contributed by atoms with Gasteiger partial charge in [-0.2, -0.15) is 0 Å². The molecule has 0 spiro atoms. The van der Waals surface area contributed by atoms with E-state index in [1.807, 2.05) is 18.7 Å². The third-order valence-corrected chi connectivity index (χ3v) is 3.61. The summed E-state index contributed by atoms with van der Waals surface area (Å²) in [4.78, 5) is 24.7. The van der Waals surface area contributed by atoms with Gasteiger partial charge in [0.2, 0.25) is 0 Å². The van der Waals surface area contributed by atoms with E-state index in [-0.39, 0.29) is 18.4 Å². The molecule has 0 aromatic rings. The largest absolute Gasteiger partial charge is 0.481 e. The number of hydrogen-bond donors (Lipinski definition) is 1. The zero-order chi connectivity index (χ0) is 14.3. The van der Waals surface area contributed by atoms with Gasteiger partial charge in [-0.25, -0.2) is 0 Å². The molecule has 19 heavy (non-hydrogen) atoms. The van der Waals surface area contributed by atoms with Crippen molar-refractivity contribution in [3.8, 4) is 0 Å². The molecule has 1 N–H and O–H groups in total. The number of hydrogen-bond acceptors (Lipinski definition) is 3. The van der Waals surface area contributed by atoms with E-state index in [9.17, 15) is 9.59 Å². The summed E-state index contributed by atoms with van der Waals surface area (Å²) in [6.07, 6.45) is 3.16. The van der Waals surface area contributed by atoms with E-state index in [4.69, 9.17) is 9.84 Å². The van der Waals surface area contributed by atoms with Crippen molar-refractivity contribution in [1.29, 1.82) is 0 Å². The van der Waals surface area contributed by atoms with Crippen LogP contribution in [-0.2, 0) is 14.3 Å². The number of carbonyl (C=O) groups is 2. The molecule has 5 nitrogen and oxygen atoms in total. The van der Waals surface area contributed by atoms with E-state index in [0.717, 1.165) is 19.4 Å². The van der Waals surface area contributed by atoms with E-state index in [1.54, 1.807) is 0 Å². The summed E-state index contributed by atoms with van der Waals surface area (Å²) >= 11 is 0. The van der Waals surface area contributed by atoms with Crippen molar-refractivity contribution in [2.45, 2.75) is 52.1 Å². The van der Waals surface area contributed by atoms with E-state index >= 15 is 0 Å². The van der Waals surface area contributed by atoms with Crippen LogP contribution in [0.3, 0.4) is 0 Å². The lowest BCUT2D eigenvalue weighted by Gasteiger charge is -2.34. The van der Waals surface area contributed by atoms with Crippen molar-refractivity contribution in [1.82, 2.24) is 4.90 Å². The summed E-state index contributed by atoms with van der Waals surface area (Å²) in [5.74, 6) is -0.387. The van der Waals surface area contributed by atoms with Crippen LogP contribution in [0.2, 0.25) is 0 Å². The number of likely N-dealkylation sites (tertiary alicyclic amines) is 1. The van der Waals surface area contributed by atoms with Crippen LogP contribution in [0.4, 0.5) is 0 Å². The molecular weight excluding hydrogens is 246 g/mol. The molecular formula is C14H25NO4. The van der Waals surface area contributed by atoms with Crippen LogP contribution >= 0.6 is 0 Å². The van der Waals surface area contributed by atoms with Gasteiger partial charge in [-0.1, -0.05) is 6.92 Å². The molecule has 1 amide bonds. The summed E-state index contributed by atoms with van der Waals surface area (Å²) in [5, 5.41) is 8.71. The second-order valence-electron chi connectivity index (χ2n) is 5.08. The third-order valence-electron chi connectivity index (χ3n) is 3.61. The molecule has 0 bridgehead atoms. The molecule has 1 heterocycles. The first-order valence-corrected chi connectivity index (χ1v) is 7.20. The third kappa shape index (κ3) is 5.19. The SMILES string of the molecule is CCO[C@@H](CC)C(=O)N1CCC[C@H](CCC(=O)O)C1. The lowest BCUT2D eigenvalue weighted by molar-refractivity contribution is -0.145. The minimum atomic E-state index is -0.760. The predicted molar refractivity (Wildman–Crippen MR) is 71.9 cm³/mol. The number of carboxylic acid groups (broad SMARTS) is 1. The van der Waals surface area contributed by atoms with Gasteiger partial charge in [0.25, 0.3) is 5.91 Å². The van der Waals surface area contributed by atoms with Gasteiger partial charge in [-0.3, -0.25) is 9.59 Å². The van der Waals surface area contributed by atoms with Gasteiger partial charge < -0.3 is 14.7 Å². The molecule has 0 radical (unpaired) electrons. The Labute approximate surface area is 114 Å². The van der Waals surface area contributed by atoms with E-state index in [2.05, 4.69) is 0 Å². The maximum Gasteiger partial charge on any atom is 0.303 e. The smallest absolute Gasteiger partial charge is 0.303 e. The van der Waals surface area contributed by atoms with Gasteiger partial charge in [0.1, 0.15) is 6.10 Å². The molecule has 0 unspecified atom stereocenters. The lowest BCUT2D eigenvalue weighted by Crippen LogP contribution is -2.45. The van der Waals surface area contributed by atoms with Crippen LogP contribution < -0.4 is 0 Å². The van der Waals surface area contributed by atoms with Crippen molar-refractivity contribution in [3.05, 3.63) is 0 Å². The molecule has 1 rings (SSSR count). The highest BCUT2D eigenvalue weighted by atomic mass is 16.5. The monoisotopic (exact) mass is 271 g/mol. The van der Waals surface area contributed by atoms with Crippen molar-refractivity contribution in [2.24, 2.45) is 5.92 Å². The Morgan fingerprint density at radius 2 is 2.16 bits per heavy atom. The normalized spacial score (nSPS) is 21.2. The molecule has 1 saturated heterocycles. The fraction of sp³-hybridized carbons (Fsp3) is 0.857. The molecule has 110 valence electrons. The zero-order valence-electron chi connectivity index (χ0n) is 11.9. The molecule has 2 atom stereocenters. The van der Waals surface area contributed by atoms with Gasteiger partial charge in [0.05, 0.1) is 0 Å². The van der Waals surface area contributed by atoms with Gasteiger partial charge in [0.15, 0.2) is 0 Å². The second-order valence-corrected chi connectivity index (χ2v) is 5.08. The first-order valence-electron chi connectivity index (χ1n) is 7.20. The quantitative estimate of drug-likeness (QED) is 0.768. The summed E-state index contributed by atoms with van der Waals surface area (Å²) < 4.78 is 5.45. The first-order chi connectivity index (χ1) is 9.08. The molecule has 1 aliphatic heterocycles. The van der Waals surface area contributed by atoms with Crippen molar-refractivity contribution in [2.75, 3.05) is 19.7 Å². The van der Waals surface area contributed by atoms with Crippen LogP contribution in [0.25, 0.3) is 0 Å². The molecule has 0 aliphatic carbocycles. The number of aliphatic carboxylic acids is 1. The Bertz CT molecular complexity index is 306. The Morgan fingerprint density at radius 1 is 1.42 bits per heavy atom. The van der Waals surface area contributed by atoms with Gasteiger partial charge in [0, 0.05) is 26.1 Å². The average molecular weight is 271 g/mol. The number of carbonyl (C=O) groups excluding carboxylic acids is 1. The average Bonchev–Trinajstić information content (AvgIpc) is 2.42. The first kappa shape index (κ1) is 16.0. The molecule has 0 aromatic carbocycles. The van der Waals surface area contributed by atoms with Crippen LogP contribution in [-0.4, -0.2) is 47.7 Å². The number of amides is 1. The Hall–Kier alpha value is -1.10. The molecule has 1 fully saturated rings. The van der Waals surface area contributed by atoms with Crippen LogP contribution in [0, 0.1) is 5.92 Å². The fourth-order valence-corrected chi connectivity index (χ4v) is 2.60. The Morgan fingerprint density at radius 3 is 2.74 bits per heavy atom. The lowest BCUT2D eigenvalue weighted by atomic mass is 9.93. The molecule has 1 aliphatic rings. The molecule has 0 aromatic heterocycles. The van der Waals surface area contributed by atoms with Gasteiger partial charge in [-0.15, -0.1) is 0 Å². The Kier molecular flexibility index (Phi) is 6.84. The number of rotatable bonds is 7. The van der Waals surface area contributed by atoms with Crippen molar-refractivity contribution in [3.63, 3.8) is 0 Å². The van der Waals surface area contributed by atoms with E-state index in [0.29, 0.717) is 31.9 Å². The standard InChI is InChI=1S/C14H25NO4/c1-3-12(19-4-2)14(18)15-9-5-6-11(10-15)7-8-13(16)17/h11-12H,3-10H2,1-2H3,(H,16,17)/t11-,12+/m1/s1. The van der Waals surface area contributed by atoms with Gasteiger partial charge in [-0.05, 0) is 38.5 Å². The predicted octanol–water partition coefficient (Wildman–Crippen LogP) is 1.90. The second kappa shape index (κ2) is 8.15. The van der Waals surface area contributed by atoms with Crippen molar-refractivity contribution < 1.29 is 19.4 Å². The minimum Gasteiger partial charge on any atom is -0.481 e. The number of ether oxygens (including phenoxy) is 1. The fourth-order valence-electron chi connectivity index (χ4n) is 2.60. The molecule has 0 saturated carbocycles. The summed E-state index contributed by atoms with van der Waals surface area (Å²) in [6, 6.07) is 0. The van der Waals surface area contributed by atoms with E-state index in [1.165, 1.54) is 0 Å².